The van der Waals surface area contributed by atoms with Crippen LogP contribution in [0.2, 0.25) is 0 Å². The Morgan fingerprint density at radius 2 is 2.32 bits per heavy atom. The number of nitrogens with two attached hydrogens (primary N) is 1. The quantitative estimate of drug-likeness (QED) is 0.782. The first-order valence-electron chi connectivity index (χ1n) is 6.83. The molecule has 0 saturated heterocycles. The lowest BCUT2D eigenvalue weighted by molar-refractivity contribution is -0.122. The molecule has 6 nitrogen and oxygen atoms in total. The molecule has 1 amide bonds. The third-order valence-electron chi connectivity index (χ3n) is 3.43. The van der Waals surface area contributed by atoms with Gasteiger partial charge in [-0.3, -0.25) is 9.69 Å². The number of carbonyl (C=O) groups is 1. The molecular formula is C13H23N5O. The fraction of sp³-hybridized carbons (Fsp3) is 0.692. The van der Waals surface area contributed by atoms with Crippen molar-refractivity contribution in [3.8, 4) is 0 Å². The molecule has 0 bridgehead atoms. The molecule has 0 radical (unpaired) electrons. The Bertz CT molecular complexity index is 428. The molecular weight excluding hydrogens is 242 g/mol. The minimum Gasteiger partial charge on any atom is -0.354 e. The molecule has 2 rings (SSSR count). The van der Waals surface area contributed by atoms with E-state index in [2.05, 4.69) is 19.8 Å². The molecule has 1 aliphatic heterocycles. The maximum absolute atomic E-state index is 11.8. The standard InChI is InChI=1S/C13H23N5O/c1-10(2)16-13(19)7-11(8-14)18-6-5-17-4-3-15-12(17)9-18/h3-4,10-11H,5-9,14H2,1-2H3,(H,16,19). The fourth-order valence-electron chi connectivity index (χ4n) is 2.46. The summed E-state index contributed by atoms with van der Waals surface area (Å²) < 4.78 is 2.15. The zero-order valence-electron chi connectivity index (χ0n) is 11.7. The van der Waals surface area contributed by atoms with Gasteiger partial charge in [-0.25, -0.2) is 4.98 Å². The van der Waals surface area contributed by atoms with Crippen molar-refractivity contribution in [2.24, 2.45) is 5.73 Å². The summed E-state index contributed by atoms with van der Waals surface area (Å²) in [5, 5.41) is 2.92. The van der Waals surface area contributed by atoms with Gasteiger partial charge in [0.2, 0.25) is 5.91 Å². The fourth-order valence-corrected chi connectivity index (χ4v) is 2.46. The van der Waals surface area contributed by atoms with Gasteiger partial charge in [0.1, 0.15) is 5.82 Å². The van der Waals surface area contributed by atoms with Crippen molar-refractivity contribution in [3.05, 3.63) is 18.2 Å². The van der Waals surface area contributed by atoms with Crippen LogP contribution in [0, 0.1) is 0 Å². The number of hydrogen-bond acceptors (Lipinski definition) is 4. The van der Waals surface area contributed by atoms with Gasteiger partial charge in [-0.05, 0) is 13.8 Å². The Kier molecular flexibility index (Phi) is 4.55. The monoisotopic (exact) mass is 265 g/mol. The molecule has 0 aromatic carbocycles. The molecule has 0 aliphatic carbocycles. The molecule has 1 aliphatic rings. The van der Waals surface area contributed by atoms with Crippen LogP contribution in [0.5, 0.6) is 0 Å². The van der Waals surface area contributed by atoms with Crippen LogP contribution in [-0.2, 0) is 17.9 Å². The van der Waals surface area contributed by atoms with E-state index in [0.717, 1.165) is 25.5 Å². The summed E-state index contributed by atoms with van der Waals surface area (Å²) in [5.74, 6) is 1.12. The summed E-state index contributed by atoms with van der Waals surface area (Å²) in [5.41, 5.74) is 5.83. The molecule has 0 spiro atoms. The maximum atomic E-state index is 11.8. The molecule has 6 heteroatoms. The van der Waals surface area contributed by atoms with Crippen molar-refractivity contribution >= 4 is 5.91 Å². The summed E-state index contributed by atoms with van der Waals surface area (Å²) in [6.45, 7) is 7.02. The lowest BCUT2D eigenvalue weighted by atomic mass is 10.1. The number of fused-ring (bicyclic) bond motifs is 1. The second kappa shape index (κ2) is 6.16. The van der Waals surface area contributed by atoms with Crippen LogP contribution < -0.4 is 11.1 Å². The van der Waals surface area contributed by atoms with Crippen molar-refractivity contribution in [2.75, 3.05) is 13.1 Å². The van der Waals surface area contributed by atoms with E-state index in [1.54, 1.807) is 0 Å². The smallest absolute Gasteiger partial charge is 0.221 e. The summed E-state index contributed by atoms with van der Waals surface area (Å²) >= 11 is 0. The molecule has 1 aromatic heterocycles. The lowest BCUT2D eigenvalue weighted by Crippen LogP contribution is -2.47. The second-order valence-electron chi connectivity index (χ2n) is 5.32. The maximum Gasteiger partial charge on any atom is 0.221 e. The van der Waals surface area contributed by atoms with E-state index in [1.165, 1.54) is 0 Å². The topological polar surface area (TPSA) is 76.2 Å². The van der Waals surface area contributed by atoms with Crippen molar-refractivity contribution < 1.29 is 4.79 Å². The van der Waals surface area contributed by atoms with E-state index in [9.17, 15) is 4.79 Å². The molecule has 19 heavy (non-hydrogen) atoms. The summed E-state index contributed by atoms with van der Waals surface area (Å²) in [7, 11) is 0. The number of hydrogen-bond donors (Lipinski definition) is 2. The first kappa shape index (κ1) is 14.0. The Labute approximate surface area is 114 Å². The molecule has 0 fully saturated rings. The normalized spacial score (nSPS) is 17.3. The van der Waals surface area contributed by atoms with Crippen molar-refractivity contribution in [1.82, 2.24) is 19.8 Å². The van der Waals surface area contributed by atoms with Gasteiger partial charge in [-0.1, -0.05) is 0 Å². The van der Waals surface area contributed by atoms with Crippen LogP contribution >= 0.6 is 0 Å². The van der Waals surface area contributed by atoms with Crippen molar-refractivity contribution in [1.29, 1.82) is 0 Å². The molecule has 2 heterocycles. The molecule has 1 unspecified atom stereocenters. The predicted octanol–water partition coefficient (Wildman–Crippen LogP) is -0.0593. The van der Waals surface area contributed by atoms with Gasteiger partial charge in [0.15, 0.2) is 0 Å². The SMILES string of the molecule is CC(C)NC(=O)CC(CN)N1CCn2ccnc2C1. The summed E-state index contributed by atoms with van der Waals surface area (Å²) in [4.78, 5) is 18.4. The van der Waals surface area contributed by atoms with E-state index in [1.807, 2.05) is 26.2 Å². The zero-order chi connectivity index (χ0) is 13.8. The first-order valence-corrected chi connectivity index (χ1v) is 6.83. The number of nitrogens with one attached hydrogen (secondary N) is 1. The second-order valence-corrected chi connectivity index (χ2v) is 5.32. The average molecular weight is 265 g/mol. The Hall–Kier alpha value is -1.40. The van der Waals surface area contributed by atoms with Gasteiger partial charge in [0, 0.05) is 50.5 Å². The van der Waals surface area contributed by atoms with E-state index in [4.69, 9.17) is 5.73 Å². The van der Waals surface area contributed by atoms with E-state index < -0.39 is 0 Å². The van der Waals surface area contributed by atoms with Crippen LogP contribution in [-0.4, -0.2) is 45.5 Å². The van der Waals surface area contributed by atoms with Gasteiger partial charge < -0.3 is 15.6 Å². The highest BCUT2D eigenvalue weighted by molar-refractivity contribution is 5.76. The minimum atomic E-state index is 0.0689. The minimum absolute atomic E-state index is 0.0689. The van der Waals surface area contributed by atoms with E-state index in [-0.39, 0.29) is 18.0 Å². The van der Waals surface area contributed by atoms with E-state index in [0.29, 0.717) is 13.0 Å². The largest absolute Gasteiger partial charge is 0.354 e. The Morgan fingerprint density at radius 3 is 3.00 bits per heavy atom. The average Bonchev–Trinajstić information content (AvgIpc) is 2.82. The number of nitrogens with zero attached hydrogens (tertiary/aromatic N) is 3. The molecule has 1 atom stereocenters. The van der Waals surface area contributed by atoms with Gasteiger partial charge >= 0.3 is 0 Å². The van der Waals surface area contributed by atoms with Gasteiger partial charge in [0.05, 0.1) is 6.54 Å². The van der Waals surface area contributed by atoms with Crippen LogP contribution in [0.1, 0.15) is 26.1 Å². The zero-order valence-corrected chi connectivity index (χ0v) is 11.7. The highest BCUT2D eigenvalue weighted by atomic mass is 16.1. The summed E-state index contributed by atoms with van der Waals surface area (Å²) in [6.07, 6.45) is 4.27. The predicted molar refractivity (Wildman–Crippen MR) is 73.4 cm³/mol. The van der Waals surface area contributed by atoms with Crippen molar-refractivity contribution in [2.45, 2.75) is 45.4 Å². The number of amides is 1. The van der Waals surface area contributed by atoms with Gasteiger partial charge in [-0.2, -0.15) is 0 Å². The highest BCUT2D eigenvalue weighted by Gasteiger charge is 2.25. The van der Waals surface area contributed by atoms with Gasteiger partial charge in [-0.15, -0.1) is 0 Å². The third kappa shape index (κ3) is 3.54. The van der Waals surface area contributed by atoms with Crippen LogP contribution in [0.4, 0.5) is 0 Å². The molecule has 0 saturated carbocycles. The van der Waals surface area contributed by atoms with E-state index >= 15 is 0 Å². The first-order chi connectivity index (χ1) is 9.10. The number of aromatic nitrogens is 2. The number of rotatable bonds is 5. The molecule has 3 N–H and O–H groups in total. The lowest BCUT2D eigenvalue weighted by Gasteiger charge is -2.34. The Morgan fingerprint density at radius 1 is 1.53 bits per heavy atom. The van der Waals surface area contributed by atoms with Crippen LogP contribution in [0.25, 0.3) is 0 Å². The number of carbonyl (C=O) groups excluding carboxylic acids is 1. The number of imidazole rings is 1. The van der Waals surface area contributed by atoms with Crippen LogP contribution in [0.3, 0.4) is 0 Å². The van der Waals surface area contributed by atoms with Gasteiger partial charge in [0.25, 0.3) is 0 Å². The summed E-state index contributed by atoms with van der Waals surface area (Å²) in [6, 6.07) is 0.260. The third-order valence-corrected chi connectivity index (χ3v) is 3.43. The highest BCUT2D eigenvalue weighted by Crippen LogP contribution is 2.14. The Balaban J connectivity index is 1.94. The molecule has 106 valence electrons. The molecule has 1 aromatic rings. The van der Waals surface area contributed by atoms with Crippen molar-refractivity contribution in [3.63, 3.8) is 0 Å². The van der Waals surface area contributed by atoms with Crippen LogP contribution in [0.15, 0.2) is 12.4 Å².